The van der Waals surface area contributed by atoms with Gasteiger partial charge in [-0.3, -0.25) is 9.89 Å². The van der Waals surface area contributed by atoms with Crippen LogP contribution in [0.25, 0.3) is 0 Å². The molecule has 2 fully saturated rings. The van der Waals surface area contributed by atoms with E-state index in [-0.39, 0.29) is 6.09 Å². The molecule has 7 heteroatoms. The second kappa shape index (κ2) is 8.38. The quantitative estimate of drug-likeness (QED) is 0.599. The van der Waals surface area contributed by atoms with Gasteiger partial charge in [-0.2, -0.15) is 0 Å². The van der Waals surface area contributed by atoms with E-state index in [1.165, 1.54) is 12.8 Å². The minimum atomic E-state index is -0.213. The van der Waals surface area contributed by atoms with Gasteiger partial charge in [0.2, 0.25) is 0 Å². The molecule has 1 N–H and O–H groups in total. The van der Waals surface area contributed by atoms with Crippen LogP contribution in [0.5, 0.6) is 0 Å². The van der Waals surface area contributed by atoms with Crippen molar-refractivity contribution in [2.75, 3.05) is 53.4 Å². The molecule has 132 valence electrons. The van der Waals surface area contributed by atoms with Crippen LogP contribution in [-0.2, 0) is 4.74 Å². The summed E-state index contributed by atoms with van der Waals surface area (Å²) in [5, 5.41) is 3.47. The van der Waals surface area contributed by atoms with Crippen LogP contribution in [0.2, 0.25) is 0 Å². The molecule has 1 aliphatic heterocycles. The molecule has 2 rings (SSSR count). The molecule has 1 saturated carbocycles. The van der Waals surface area contributed by atoms with Crippen LogP contribution in [-0.4, -0.2) is 92.3 Å². The number of ether oxygens (including phenoxy) is 1. The number of piperazine rings is 1. The summed E-state index contributed by atoms with van der Waals surface area (Å²) in [6.45, 7) is 8.31. The molecule has 1 amide bonds. The summed E-state index contributed by atoms with van der Waals surface area (Å²) in [5.41, 5.74) is 0. The zero-order chi connectivity index (χ0) is 16.8. The van der Waals surface area contributed by atoms with Crippen molar-refractivity contribution in [3.63, 3.8) is 0 Å². The molecule has 23 heavy (non-hydrogen) atoms. The molecular formula is C16H31N5O2. The molecule has 0 bridgehead atoms. The number of nitrogens with zero attached hydrogens (tertiary/aromatic N) is 4. The van der Waals surface area contributed by atoms with E-state index in [9.17, 15) is 4.79 Å². The van der Waals surface area contributed by atoms with E-state index >= 15 is 0 Å². The molecule has 1 unspecified atom stereocenters. The van der Waals surface area contributed by atoms with Crippen LogP contribution < -0.4 is 5.32 Å². The van der Waals surface area contributed by atoms with E-state index in [1.54, 1.807) is 4.90 Å². The Balaban J connectivity index is 1.75. The number of likely N-dealkylation sites (N-methyl/N-ethyl adjacent to an activating group) is 1. The minimum absolute atomic E-state index is 0.213. The Hall–Kier alpha value is -1.50. The molecule has 0 spiro atoms. The lowest BCUT2D eigenvalue weighted by Crippen LogP contribution is -2.55. The lowest BCUT2D eigenvalue weighted by atomic mass is 10.3. The lowest BCUT2D eigenvalue weighted by Gasteiger charge is -2.36. The maximum atomic E-state index is 11.7. The van der Waals surface area contributed by atoms with E-state index in [4.69, 9.17) is 4.74 Å². The van der Waals surface area contributed by atoms with Crippen LogP contribution in [0.4, 0.5) is 4.79 Å². The van der Waals surface area contributed by atoms with Crippen LogP contribution in [0.1, 0.15) is 26.7 Å². The third-order valence-electron chi connectivity index (χ3n) is 4.69. The molecule has 0 aromatic rings. The molecule has 7 nitrogen and oxygen atoms in total. The van der Waals surface area contributed by atoms with Gasteiger partial charge >= 0.3 is 6.09 Å². The normalized spacial score (nSPS) is 20.7. The van der Waals surface area contributed by atoms with E-state index in [0.717, 1.165) is 31.6 Å². The number of guanidine groups is 1. The van der Waals surface area contributed by atoms with Crippen LogP contribution in [0.15, 0.2) is 4.99 Å². The predicted octanol–water partition coefficient (Wildman–Crippen LogP) is 0.819. The third-order valence-corrected chi connectivity index (χ3v) is 4.69. The van der Waals surface area contributed by atoms with Crippen molar-refractivity contribution in [2.24, 2.45) is 4.99 Å². The maximum absolute atomic E-state index is 11.7. The summed E-state index contributed by atoms with van der Waals surface area (Å²) in [6.07, 6.45) is 2.44. The highest BCUT2D eigenvalue weighted by atomic mass is 16.6. The largest absolute Gasteiger partial charge is 0.450 e. The number of hydrogen-bond donors (Lipinski definition) is 1. The smallest absolute Gasteiger partial charge is 0.409 e. The van der Waals surface area contributed by atoms with E-state index in [1.807, 2.05) is 14.0 Å². The van der Waals surface area contributed by atoms with Crippen molar-refractivity contribution in [1.82, 2.24) is 20.0 Å². The van der Waals surface area contributed by atoms with Crippen molar-refractivity contribution in [1.29, 1.82) is 0 Å². The first kappa shape index (κ1) is 17.8. The average Bonchev–Trinajstić information content (AvgIpc) is 3.40. The summed E-state index contributed by atoms with van der Waals surface area (Å²) in [6, 6.07) is 1.25. The summed E-state index contributed by atoms with van der Waals surface area (Å²) in [4.78, 5) is 22.5. The first-order valence-electron chi connectivity index (χ1n) is 8.66. The molecule has 0 aromatic carbocycles. The fourth-order valence-corrected chi connectivity index (χ4v) is 2.87. The van der Waals surface area contributed by atoms with Gasteiger partial charge in [0, 0.05) is 51.9 Å². The fraction of sp³-hybridized carbons (Fsp3) is 0.875. The topological polar surface area (TPSA) is 60.4 Å². The molecule has 1 heterocycles. The number of hydrogen-bond acceptors (Lipinski definition) is 4. The van der Waals surface area contributed by atoms with Gasteiger partial charge in [0.1, 0.15) is 0 Å². The van der Waals surface area contributed by atoms with Crippen LogP contribution >= 0.6 is 0 Å². The van der Waals surface area contributed by atoms with Gasteiger partial charge in [-0.1, -0.05) is 0 Å². The highest BCUT2D eigenvalue weighted by Crippen LogP contribution is 2.26. The minimum Gasteiger partial charge on any atom is -0.450 e. The highest BCUT2D eigenvalue weighted by Gasteiger charge is 2.29. The Kier molecular flexibility index (Phi) is 6.50. The monoisotopic (exact) mass is 325 g/mol. The average molecular weight is 325 g/mol. The summed E-state index contributed by atoms with van der Waals surface area (Å²) < 4.78 is 5.05. The van der Waals surface area contributed by atoms with Gasteiger partial charge in [-0.25, -0.2) is 4.79 Å². The summed E-state index contributed by atoms with van der Waals surface area (Å²) >= 11 is 0. The van der Waals surface area contributed by atoms with Gasteiger partial charge in [-0.15, -0.1) is 0 Å². The van der Waals surface area contributed by atoms with Crippen molar-refractivity contribution < 1.29 is 9.53 Å². The SMILES string of the molecule is CCOC(=O)N1CCN(C(=NC)NCC(C)N(C)C2CC2)CC1. The number of aliphatic imine (C=N–C) groups is 1. The van der Waals surface area contributed by atoms with Crippen molar-refractivity contribution in [3.8, 4) is 0 Å². The number of nitrogens with one attached hydrogen (secondary N) is 1. The fourth-order valence-electron chi connectivity index (χ4n) is 2.87. The zero-order valence-corrected chi connectivity index (χ0v) is 14.9. The van der Waals surface area contributed by atoms with E-state index < -0.39 is 0 Å². The molecule has 0 aromatic heterocycles. The second-order valence-corrected chi connectivity index (χ2v) is 6.35. The first-order valence-corrected chi connectivity index (χ1v) is 8.66. The number of carbonyl (C=O) groups is 1. The zero-order valence-electron chi connectivity index (χ0n) is 14.9. The third kappa shape index (κ3) is 4.99. The van der Waals surface area contributed by atoms with Crippen LogP contribution in [0.3, 0.4) is 0 Å². The summed E-state index contributed by atoms with van der Waals surface area (Å²) in [5.74, 6) is 0.921. The number of carbonyl (C=O) groups excluding carboxylic acids is 1. The molecule has 2 aliphatic rings. The van der Waals surface area contributed by atoms with Crippen molar-refractivity contribution in [3.05, 3.63) is 0 Å². The molecule has 0 radical (unpaired) electrons. The van der Waals surface area contributed by atoms with Gasteiger partial charge in [0.25, 0.3) is 0 Å². The molecular weight excluding hydrogens is 294 g/mol. The standard InChI is InChI=1S/C16H31N5O2/c1-5-23-16(22)21-10-8-20(9-11-21)15(17-3)18-12-13(2)19(4)14-6-7-14/h13-14H,5-12H2,1-4H3,(H,17,18). The number of amides is 1. The van der Waals surface area contributed by atoms with Crippen LogP contribution in [0, 0.1) is 0 Å². The Morgan fingerprint density at radius 1 is 1.30 bits per heavy atom. The Morgan fingerprint density at radius 3 is 2.43 bits per heavy atom. The van der Waals surface area contributed by atoms with Gasteiger partial charge in [-0.05, 0) is 33.7 Å². The maximum Gasteiger partial charge on any atom is 0.409 e. The van der Waals surface area contributed by atoms with Gasteiger partial charge in [0.05, 0.1) is 6.61 Å². The van der Waals surface area contributed by atoms with Gasteiger partial charge < -0.3 is 19.9 Å². The van der Waals surface area contributed by atoms with E-state index in [2.05, 4.69) is 34.1 Å². The lowest BCUT2D eigenvalue weighted by molar-refractivity contribution is 0.0914. The highest BCUT2D eigenvalue weighted by molar-refractivity contribution is 5.80. The Bertz CT molecular complexity index is 417. The van der Waals surface area contributed by atoms with E-state index in [0.29, 0.717) is 25.7 Å². The Morgan fingerprint density at radius 2 is 1.91 bits per heavy atom. The number of rotatable bonds is 5. The predicted molar refractivity (Wildman–Crippen MR) is 91.8 cm³/mol. The molecule has 1 atom stereocenters. The molecule has 1 saturated heterocycles. The Labute approximate surface area is 139 Å². The molecule has 1 aliphatic carbocycles. The summed E-state index contributed by atoms with van der Waals surface area (Å²) in [7, 11) is 4.01. The first-order chi connectivity index (χ1) is 11.1. The van der Waals surface area contributed by atoms with Crippen molar-refractivity contribution in [2.45, 2.75) is 38.8 Å². The second-order valence-electron chi connectivity index (χ2n) is 6.35. The van der Waals surface area contributed by atoms with Gasteiger partial charge in [0.15, 0.2) is 5.96 Å². The van der Waals surface area contributed by atoms with Crippen molar-refractivity contribution >= 4 is 12.1 Å².